The molecule has 0 atom stereocenters. The zero-order valence-electron chi connectivity index (χ0n) is 11.0. The van der Waals surface area contributed by atoms with Crippen LogP contribution in [0.25, 0.3) is 0 Å². The summed E-state index contributed by atoms with van der Waals surface area (Å²) in [4.78, 5) is 22.2. The Hall–Kier alpha value is -1.64. The minimum atomic E-state index is -1.39. The van der Waals surface area contributed by atoms with E-state index in [-0.39, 0.29) is 0 Å². The molecule has 1 N–H and O–H groups in total. The normalized spacial score (nSPS) is 10.3. The molecule has 0 radical (unpaired) electrons. The van der Waals surface area contributed by atoms with Gasteiger partial charge < -0.3 is 5.11 Å². The number of carbonyl (C=O) groups is 2. The average molecular weight is 248 g/mol. The highest BCUT2D eigenvalue weighted by Gasteiger charge is 2.17. The van der Waals surface area contributed by atoms with Crippen molar-refractivity contribution < 1.29 is 14.7 Å². The van der Waals surface area contributed by atoms with E-state index in [4.69, 9.17) is 5.11 Å². The first-order chi connectivity index (χ1) is 8.60. The van der Waals surface area contributed by atoms with Crippen molar-refractivity contribution in [2.45, 2.75) is 46.0 Å². The molecular formula is C15H20O3. The number of benzene rings is 1. The lowest BCUT2D eigenvalue weighted by molar-refractivity contribution is -0.131. The maximum Gasteiger partial charge on any atom is 0.377 e. The summed E-state index contributed by atoms with van der Waals surface area (Å²) in [7, 11) is 0. The van der Waals surface area contributed by atoms with E-state index in [0.717, 1.165) is 18.4 Å². The van der Waals surface area contributed by atoms with Crippen LogP contribution < -0.4 is 0 Å². The lowest BCUT2D eigenvalue weighted by atomic mass is 9.96. The topological polar surface area (TPSA) is 54.4 Å². The van der Waals surface area contributed by atoms with Crippen LogP contribution in [0.5, 0.6) is 0 Å². The molecule has 0 aliphatic rings. The Labute approximate surface area is 108 Å². The maximum absolute atomic E-state index is 11.5. The molecule has 0 aliphatic heterocycles. The molecule has 0 aromatic heterocycles. The van der Waals surface area contributed by atoms with Crippen LogP contribution in [0.4, 0.5) is 0 Å². The van der Waals surface area contributed by atoms with Crippen molar-refractivity contribution in [2.75, 3.05) is 0 Å². The molecule has 0 bridgehead atoms. The molecule has 0 amide bonds. The molecule has 3 nitrogen and oxygen atoms in total. The van der Waals surface area contributed by atoms with Crippen LogP contribution in [0.2, 0.25) is 0 Å². The highest BCUT2D eigenvalue weighted by Crippen LogP contribution is 2.16. The van der Waals surface area contributed by atoms with E-state index in [1.807, 2.05) is 19.1 Å². The molecule has 0 saturated carbocycles. The van der Waals surface area contributed by atoms with Gasteiger partial charge in [-0.3, -0.25) is 4.79 Å². The van der Waals surface area contributed by atoms with Crippen LogP contribution in [0, 0.1) is 0 Å². The summed E-state index contributed by atoms with van der Waals surface area (Å²) in [5.41, 5.74) is 2.34. The van der Waals surface area contributed by atoms with Crippen molar-refractivity contribution in [3.8, 4) is 0 Å². The van der Waals surface area contributed by atoms with Crippen molar-refractivity contribution in [1.29, 1.82) is 0 Å². The van der Waals surface area contributed by atoms with Gasteiger partial charge in [-0.15, -0.1) is 0 Å². The monoisotopic (exact) mass is 248 g/mol. The van der Waals surface area contributed by atoms with Gasteiger partial charge >= 0.3 is 5.97 Å². The zero-order valence-corrected chi connectivity index (χ0v) is 11.0. The highest BCUT2D eigenvalue weighted by atomic mass is 16.4. The maximum atomic E-state index is 11.5. The number of unbranched alkanes of at least 4 members (excludes halogenated alkanes) is 2. The second kappa shape index (κ2) is 6.94. The van der Waals surface area contributed by atoms with E-state index in [9.17, 15) is 9.59 Å². The van der Waals surface area contributed by atoms with Crippen LogP contribution in [0.1, 0.15) is 54.6 Å². The smallest absolute Gasteiger partial charge is 0.377 e. The number of hydrogen-bond acceptors (Lipinski definition) is 2. The highest BCUT2D eigenvalue weighted by molar-refractivity contribution is 6.40. The fourth-order valence-corrected chi connectivity index (χ4v) is 2.01. The summed E-state index contributed by atoms with van der Waals surface area (Å²) >= 11 is 0. The van der Waals surface area contributed by atoms with Crippen LogP contribution >= 0.6 is 0 Å². The molecule has 1 rings (SSSR count). The Kier molecular flexibility index (Phi) is 5.56. The van der Waals surface area contributed by atoms with E-state index in [1.165, 1.54) is 18.4 Å². The molecule has 3 heteroatoms. The first-order valence-corrected chi connectivity index (χ1v) is 6.49. The lowest BCUT2D eigenvalue weighted by Gasteiger charge is -2.08. The number of carboxylic acid groups (broad SMARTS) is 1. The Morgan fingerprint density at radius 3 is 2.44 bits per heavy atom. The summed E-state index contributed by atoms with van der Waals surface area (Å²) < 4.78 is 0. The second-order valence-corrected chi connectivity index (χ2v) is 4.44. The van der Waals surface area contributed by atoms with Crippen molar-refractivity contribution in [3.63, 3.8) is 0 Å². The van der Waals surface area contributed by atoms with E-state index in [1.54, 1.807) is 6.07 Å². The molecule has 0 heterocycles. The molecule has 1 aromatic carbocycles. The standard InChI is InChI=1S/C15H20O3/c1-3-5-6-7-11-8-9-13(12(4-2)10-11)14(16)15(17)18/h8-10H,3-7H2,1-2H3,(H,17,18). The number of hydrogen-bond donors (Lipinski definition) is 1. The van der Waals surface area contributed by atoms with E-state index >= 15 is 0 Å². The van der Waals surface area contributed by atoms with Gasteiger partial charge in [0, 0.05) is 5.56 Å². The number of carboxylic acids is 1. The third-order valence-corrected chi connectivity index (χ3v) is 3.06. The summed E-state index contributed by atoms with van der Waals surface area (Å²) in [6.07, 6.45) is 5.16. The first-order valence-electron chi connectivity index (χ1n) is 6.49. The molecule has 0 saturated heterocycles. The number of aryl methyl sites for hydroxylation is 2. The third kappa shape index (κ3) is 3.69. The molecule has 0 fully saturated rings. The molecule has 0 unspecified atom stereocenters. The van der Waals surface area contributed by atoms with Gasteiger partial charge in [0.2, 0.25) is 0 Å². The van der Waals surface area contributed by atoms with E-state index in [2.05, 4.69) is 6.92 Å². The molecule has 1 aromatic rings. The Balaban J connectivity index is 2.89. The van der Waals surface area contributed by atoms with Crippen LogP contribution in [0.3, 0.4) is 0 Å². The van der Waals surface area contributed by atoms with Crippen LogP contribution in [-0.2, 0) is 17.6 Å². The molecule has 98 valence electrons. The van der Waals surface area contributed by atoms with Crippen molar-refractivity contribution in [2.24, 2.45) is 0 Å². The number of rotatable bonds is 7. The quantitative estimate of drug-likeness (QED) is 0.458. The predicted molar refractivity (Wildman–Crippen MR) is 71.0 cm³/mol. The summed E-state index contributed by atoms with van der Waals surface area (Å²) in [5.74, 6) is -2.20. The van der Waals surface area contributed by atoms with Crippen molar-refractivity contribution in [1.82, 2.24) is 0 Å². The van der Waals surface area contributed by atoms with Gasteiger partial charge in [-0.05, 0) is 30.4 Å². The Morgan fingerprint density at radius 2 is 1.89 bits per heavy atom. The SMILES string of the molecule is CCCCCc1ccc(C(=O)C(=O)O)c(CC)c1. The van der Waals surface area contributed by atoms with Gasteiger partial charge in [-0.1, -0.05) is 44.9 Å². The van der Waals surface area contributed by atoms with Gasteiger partial charge in [0.15, 0.2) is 0 Å². The van der Waals surface area contributed by atoms with Gasteiger partial charge in [-0.2, -0.15) is 0 Å². The van der Waals surface area contributed by atoms with Gasteiger partial charge in [0.1, 0.15) is 0 Å². The summed E-state index contributed by atoms with van der Waals surface area (Å²) in [6.45, 7) is 4.09. The van der Waals surface area contributed by atoms with Crippen molar-refractivity contribution >= 4 is 11.8 Å². The number of aliphatic carboxylic acids is 1. The minimum absolute atomic E-state index is 0.323. The number of Topliss-reactive ketones (excluding diaryl/α,β-unsaturated/α-hetero) is 1. The van der Waals surface area contributed by atoms with E-state index in [0.29, 0.717) is 12.0 Å². The zero-order chi connectivity index (χ0) is 13.5. The average Bonchev–Trinajstić information content (AvgIpc) is 2.38. The Morgan fingerprint density at radius 1 is 1.17 bits per heavy atom. The van der Waals surface area contributed by atoms with E-state index < -0.39 is 11.8 Å². The molecule has 0 aliphatic carbocycles. The molecule has 0 spiro atoms. The van der Waals surface area contributed by atoms with Gasteiger partial charge in [0.25, 0.3) is 5.78 Å². The second-order valence-electron chi connectivity index (χ2n) is 4.44. The minimum Gasteiger partial charge on any atom is -0.475 e. The fraction of sp³-hybridized carbons (Fsp3) is 0.467. The van der Waals surface area contributed by atoms with Crippen molar-refractivity contribution in [3.05, 3.63) is 34.9 Å². The number of carbonyl (C=O) groups excluding carboxylic acids is 1. The summed E-state index contributed by atoms with van der Waals surface area (Å²) in [5, 5.41) is 8.75. The summed E-state index contributed by atoms with van der Waals surface area (Å²) in [6, 6.07) is 5.48. The third-order valence-electron chi connectivity index (χ3n) is 3.06. The van der Waals surface area contributed by atoms with Gasteiger partial charge in [-0.25, -0.2) is 4.79 Å². The van der Waals surface area contributed by atoms with Crippen LogP contribution in [0.15, 0.2) is 18.2 Å². The van der Waals surface area contributed by atoms with Gasteiger partial charge in [0.05, 0.1) is 0 Å². The molecule has 18 heavy (non-hydrogen) atoms. The van der Waals surface area contributed by atoms with Crippen LogP contribution in [-0.4, -0.2) is 16.9 Å². The largest absolute Gasteiger partial charge is 0.475 e. The molecular weight excluding hydrogens is 228 g/mol. The Bertz CT molecular complexity index is 435. The fourth-order valence-electron chi connectivity index (χ4n) is 2.01. The predicted octanol–water partition coefficient (Wildman–Crippen LogP) is 3.25. The first kappa shape index (κ1) is 14.4. The lowest BCUT2D eigenvalue weighted by Crippen LogP contribution is -2.15. The number of ketones is 1.